The largest absolute Gasteiger partial charge is 0.444 e. The van der Waals surface area contributed by atoms with E-state index >= 15 is 0 Å². The number of ketones is 1. The highest BCUT2D eigenvalue weighted by Crippen LogP contribution is 2.27. The Balaban J connectivity index is 1.26. The van der Waals surface area contributed by atoms with Crippen molar-refractivity contribution in [2.24, 2.45) is 0 Å². The molecule has 37 heavy (non-hydrogen) atoms. The quantitative estimate of drug-likeness (QED) is 0.570. The van der Waals surface area contributed by atoms with Crippen LogP contribution in [0.4, 0.5) is 10.5 Å². The number of carbonyl (C=O) groups is 4. The Bertz CT molecular complexity index is 1030. The molecular formula is C28H39N3O6. The average Bonchev–Trinajstić information content (AvgIpc) is 2.84. The number of Topliss-reactive ketones (excluding diaryl/α,β-unsaturated/α-hetero) is 1. The number of anilines is 1. The van der Waals surface area contributed by atoms with Gasteiger partial charge < -0.3 is 24.2 Å². The summed E-state index contributed by atoms with van der Waals surface area (Å²) in [5.74, 6) is -0.297. The Hall–Kier alpha value is -2.94. The second-order valence-electron chi connectivity index (χ2n) is 11.3. The lowest BCUT2D eigenvalue weighted by atomic mass is 10.0. The normalized spacial score (nSPS) is 20.4. The van der Waals surface area contributed by atoms with E-state index in [-0.39, 0.29) is 42.3 Å². The van der Waals surface area contributed by atoms with E-state index in [2.05, 4.69) is 0 Å². The molecule has 3 aliphatic heterocycles. The van der Waals surface area contributed by atoms with Crippen molar-refractivity contribution in [1.29, 1.82) is 0 Å². The third kappa shape index (κ3) is 6.89. The Morgan fingerprint density at radius 2 is 1.49 bits per heavy atom. The standard InChI is InChI=1S/C28H39N3O6/c1-19-5-6-20(17-24(19)31-16-7-21(32)18-25(31)33)26(34)29-12-8-22(9-13-29)36-23-10-14-30(15-11-23)27(35)37-28(2,3)4/h5-6,17,22-23H,7-16,18H2,1-4H3. The van der Waals surface area contributed by atoms with E-state index in [1.165, 1.54) is 0 Å². The number of benzene rings is 1. The zero-order valence-electron chi connectivity index (χ0n) is 22.5. The fourth-order valence-corrected chi connectivity index (χ4v) is 5.15. The summed E-state index contributed by atoms with van der Waals surface area (Å²) in [5, 5.41) is 0. The fraction of sp³-hybridized carbons (Fsp3) is 0.643. The molecule has 3 saturated heterocycles. The van der Waals surface area contributed by atoms with Crippen molar-refractivity contribution >= 4 is 29.4 Å². The molecule has 0 unspecified atom stereocenters. The maximum Gasteiger partial charge on any atom is 0.410 e. The Kier molecular flexibility index (Phi) is 8.21. The van der Waals surface area contributed by atoms with E-state index < -0.39 is 5.60 Å². The van der Waals surface area contributed by atoms with Gasteiger partial charge in [0, 0.05) is 50.4 Å². The van der Waals surface area contributed by atoms with Crippen molar-refractivity contribution < 1.29 is 28.7 Å². The molecule has 9 nitrogen and oxygen atoms in total. The Labute approximate surface area is 219 Å². The SMILES string of the molecule is Cc1ccc(C(=O)N2CCC(OC3CCN(C(=O)OC(C)(C)C)CC3)CC2)cc1N1CCC(=O)CC1=O. The third-order valence-corrected chi connectivity index (χ3v) is 7.22. The summed E-state index contributed by atoms with van der Waals surface area (Å²) in [6.07, 6.45) is 3.31. The first-order valence-corrected chi connectivity index (χ1v) is 13.4. The number of rotatable bonds is 4. The van der Waals surface area contributed by atoms with Gasteiger partial charge in [-0.05, 0) is 71.1 Å². The molecule has 202 valence electrons. The van der Waals surface area contributed by atoms with E-state index in [1.807, 2.05) is 44.7 Å². The summed E-state index contributed by atoms with van der Waals surface area (Å²) in [6, 6.07) is 5.46. The molecule has 4 rings (SSSR count). The molecule has 3 amide bonds. The summed E-state index contributed by atoms with van der Waals surface area (Å²) in [4.78, 5) is 54.8. The van der Waals surface area contributed by atoms with Crippen LogP contribution >= 0.6 is 0 Å². The summed E-state index contributed by atoms with van der Waals surface area (Å²) >= 11 is 0. The number of ether oxygens (including phenoxy) is 2. The Morgan fingerprint density at radius 1 is 0.892 bits per heavy atom. The van der Waals surface area contributed by atoms with Crippen molar-refractivity contribution in [2.75, 3.05) is 37.6 Å². The lowest BCUT2D eigenvalue weighted by Gasteiger charge is -2.37. The molecule has 0 atom stereocenters. The minimum absolute atomic E-state index is 0.0372. The van der Waals surface area contributed by atoms with E-state index in [0.29, 0.717) is 50.4 Å². The van der Waals surface area contributed by atoms with Gasteiger partial charge in [0.1, 0.15) is 11.4 Å². The maximum atomic E-state index is 13.3. The monoisotopic (exact) mass is 513 g/mol. The first-order chi connectivity index (χ1) is 17.5. The van der Waals surface area contributed by atoms with Crippen LogP contribution < -0.4 is 4.90 Å². The minimum Gasteiger partial charge on any atom is -0.444 e. The van der Waals surface area contributed by atoms with Crippen LogP contribution in [0.3, 0.4) is 0 Å². The summed E-state index contributed by atoms with van der Waals surface area (Å²) in [6.45, 7) is 10.4. The molecule has 0 N–H and O–H groups in total. The predicted molar refractivity (Wildman–Crippen MR) is 139 cm³/mol. The van der Waals surface area contributed by atoms with Crippen LogP contribution in [-0.2, 0) is 19.1 Å². The smallest absolute Gasteiger partial charge is 0.410 e. The molecule has 0 aromatic heterocycles. The number of hydrogen-bond acceptors (Lipinski definition) is 6. The van der Waals surface area contributed by atoms with Gasteiger partial charge in [-0.25, -0.2) is 4.79 Å². The first kappa shape index (κ1) is 27.1. The number of amides is 3. The number of likely N-dealkylation sites (tertiary alicyclic amines) is 2. The lowest BCUT2D eigenvalue weighted by Crippen LogP contribution is -2.46. The van der Waals surface area contributed by atoms with E-state index in [4.69, 9.17) is 9.47 Å². The number of nitrogens with zero attached hydrogens (tertiary/aromatic N) is 3. The molecule has 1 aromatic rings. The second kappa shape index (κ2) is 11.2. The van der Waals surface area contributed by atoms with Crippen molar-refractivity contribution in [1.82, 2.24) is 9.80 Å². The van der Waals surface area contributed by atoms with Gasteiger partial charge in [-0.1, -0.05) is 6.07 Å². The first-order valence-electron chi connectivity index (χ1n) is 13.4. The number of hydrogen-bond donors (Lipinski definition) is 0. The third-order valence-electron chi connectivity index (χ3n) is 7.22. The average molecular weight is 514 g/mol. The molecule has 0 aliphatic carbocycles. The van der Waals surface area contributed by atoms with Crippen LogP contribution in [0.2, 0.25) is 0 Å². The highest BCUT2D eigenvalue weighted by molar-refractivity contribution is 6.09. The van der Waals surface area contributed by atoms with Crippen molar-refractivity contribution in [3.05, 3.63) is 29.3 Å². The van der Waals surface area contributed by atoms with Crippen molar-refractivity contribution in [2.45, 2.75) is 84.0 Å². The van der Waals surface area contributed by atoms with Gasteiger partial charge in [0.25, 0.3) is 5.91 Å². The molecule has 3 fully saturated rings. The van der Waals surface area contributed by atoms with Crippen LogP contribution in [-0.4, -0.2) is 84.0 Å². The lowest BCUT2D eigenvalue weighted by molar-refractivity contribution is -0.128. The number of piperidine rings is 3. The Morgan fingerprint density at radius 3 is 2.05 bits per heavy atom. The topological polar surface area (TPSA) is 96.5 Å². The summed E-state index contributed by atoms with van der Waals surface area (Å²) < 4.78 is 11.8. The predicted octanol–water partition coefficient (Wildman–Crippen LogP) is 3.71. The molecule has 0 radical (unpaired) electrons. The molecule has 0 spiro atoms. The van der Waals surface area contributed by atoms with Crippen LogP contribution in [0, 0.1) is 6.92 Å². The van der Waals surface area contributed by atoms with Gasteiger partial charge in [-0.3, -0.25) is 14.4 Å². The highest BCUT2D eigenvalue weighted by Gasteiger charge is 2.31. The molecule has 3 heterocycles. The molecular weight excluding hydrogens is 474 g/mol. The molecule has 0 bridgehead atoms. The van der Waals surface area contributed by atoms with Crippen LogP contribution in [0.1, 0.15) is 75.2 Å². The molecule has 3 aliphatic rings. The van der Waals surface area contributed by atoms with Crippen LogP contribution in [0.15, 0.2) is 18.2 Å². The van der Waals surface area contributed by atoms with Crippen molar-refractivity contribution in [3.63, 3.8) is 0 Å². The van der Waals surface area contributed by atoms with Gasteiger partial charge in [0.15, 0.2) is 0 Å². The zero-order chi connectivity index (χ0) is 26.7. The maximum absolute atomic E-state index is 13.3. The van der Waals surface area contributed by atoms with Gasteiger partial charge in [0.05, 0.1) is 18.6 Å². The van der Waals surface area contributed by atoms with Gasteiger partial charge in [-0.2, -0.15) is 0 Å². The van der Waals surface area contributed by atoms with Crippen LogP contribution in [0.5, 0.6) is 0 Å². The molecule has 1 aromatic carbocycles. The fourth-order valence-electron chi connectivity index (χ4n) is 5.15. The van der Waals surface area contributed by atoms with Crippen LogP contribution in [0.25, 0.3) is 0 Å². The molecule has 0 saturated carbocycles. The molecule has 9 heteroatoms. The summed E-state index contributed by atoms with van der Waals surface area (Å²) in [7, 11) is 0. The van der Waals surface area contributed by atoms with Crippen molar-refractivity contribution in [3.8, 4) is 0 Å². The van der Waals surface area contributed by atoms with Gasteiger partial charge >= 0.3 is 6.09 Å². The van der Waals surface area contributed by atoms with E-state index in [9.17, 15) is 19.2 Å². The highest BCUT2D eigenvalue weighted by atomic mass is 16.6. The summed E-state index contributed by atoms with van der Waals surface area (Å²) in [5.41, 5.74) is 1.67. The number of aryl methyl sites for hydroxylation is 1. The van der Waals surface area contributed by atoms with E-state index in [0.717, 1.165) is 31.2 Å². The minimum atomic E-state index is -0.499. The van der Waals surface area contributed by atoms with Gasteiger partial charge in [0.2, 0.25) is 5.91 Å². The number of carbonyl (C=O) groups excluding carboxylic acids is 4. The zero-order valence-corrected chi connectivity index (χ0v) is 22.5. The second-order valence-corrected chi connectivity index (χ2v) is 11.3. The van der Waals surface area contributed by atoms with Gasteiger partial charge in [-0.15, -0.1) is 0 Å². The van der Waals surface area contributed by atoms with E-state index in [1.54, 1.807) is 15.9 Å².